The molecule has 0 aromatic heterocycles. The quantitative estimate of drug-likeness (QED) is 0.827. The molecule has 1 heterocycles. The van der Waals surface area contributed by atoms with Crippen molar-refractivity contribution in [3.8, 4) is 0 Å². The number of anilines is 1. The molecule has 0 atom stereocenters. The van der Waals surface area contributed by atoms with Crippen molar-refractivity contribution in [1.82, 2.24) is 9.80 Å². The van der Waals surface area contributed by atoms with Gasteiger partial charge in [0.1, 0.15) is 0 Å². The van der Waals surface area contributed by atoms with Crippen LogP contribution in [0.15, 0.2) is 24.3 Å². The molecule has 0 radical (unpaired) electrons. The minimum Gasteiger partial charge on any atom is -0.348 e. The fourth-order valence-corrected chi connectivity index (χ4v) is 2.89. The number of carbonyl (C=O) groups is 2. The van der Waals surface area contributed by atoms with Gasteiger partial charge in [0, 0.05) is 46.1 Å². The summed E-state index contributed by atoms with van der Waals surface area (Å²) < 4.78 is 9.99. The molecule has 0 aliphatic carbocycles. The Balaban J connectivity index is 1.93. The molecule has 3 amide bonds. The number of rotatable bonds is 5. The molecule has 1 saturated heterocycles. The molecular weight excluding hydrogens is 322 g/mol. The predicted octanol–water partition coefficient (Wildman–Crippen LogP) is 2.10. The van der Waals surface area contributed by atoms with Crippen LogP contribution in [-0.2, 0) is 14.3 Å². The second-order valence-corrected chi connectivity index (χ2v) is 6.29. The standard InChI is InChI=1S/C18H27N3O4/c1-13(2)14-7-5-6-8-15(14)19-18(23)21-11-9-20(10-12-21)16(22)17(24-3)25-4/h5-8,13,17H,9-12H2,1-4H3,(H,19,23). The average molecular weight is 349 g/mol. The summed E-state index contributed by atoms with van der Waals surface area (Å²) >= 11 is 0. The largest absolute Gasteiger partial charge is 0.348 e. The van der Waals surface area contributed by atoms with Crippen molar-refractivity contribution in [3.63, 3.8) is 0 Å². The van der Waals surface area contributed by atoms with Gasteiger partial charge in [-0.05, 0) is 17.5 Å². The zero-order chi connectivity index (χ0) is 18.4. The van der Waals surface area contributed by atoms with E-state index in [4.69, 9.17) is 9.47 Å². The maximum atomic E-state index is 12.5. The molecule has 0 saturated carbocycles. The summed E-state index contributed by atoms with van der Waals surface area (Å²) in [7, 11) is 2.86. The average Bonchev–Trinajstić information content (AvgIpc) is 2.63. The summed E-state index contributed by atoms with van der Waals surface area (Å²) in [5, 5.41) is 2.98. The Morgan fingerprint density at radius 1 is 1.00 bits per heavy atom. The van der Waals surface area contributed by atoms with Crippen molar-refractivity contribution < 1.29 is 19.1 Å². The smallest absolute Gasteiger partial charge is 0.321 e. The topological polar surface area (TPSA) is 71.1 Å². The Labute approximate surface area is 148 Å². The van der Waals surface area contributed by atoms with Crippen LogP contribution in [0.25, 0.3) is 0 Å². The minimum atomic E-state index is -0.890. The van der Waals surface area contributed by atoms with Gasteiger partial charge < -0.3 is 24.6 Å². The predicted molar refractivity (Wildman–Crippen MR) is 95.5 cm³/mol. The van der Waals surface area contributed by atoms with Crippen molar-refractivity contribution in [2.24, 2.45) is 0 Å². The third-order valence-corrected chi connectivity index (χ3v) is 4.33. The van der Waals surface area contributed by atoms with Crippen molar-refractivity contribution in [1.29, 1.82) is 0 Å². The molecule has 0 spiro atoms. The van der Waals surface area contributed by atoms with Gasteiger partial charge in [-0.25, -0.2) is 4.79 Å². The summed E-state index contributed by atoms with van der Waals surface area (Å²) in [4.78, 5) is 28.1. The number of benzene rings is 1. The van der Waals surface area contributed by atoms with Crippen molar-refractivity contribution in [3.05, 3.63) is 29.8 Å². The molecule has 2 rings (SSSR count). The lowest BCUT2D eigenvalue weighted by Gasteiger charge is -2.35. The van der Waals surface area contributed by atoms with Gasteiger partial charge in [-0.1, -0.05) is 32.0 Å². The van der Waals surface area contributed by atoms with Crippen LogP contribution in [0.1, 0.15) is 25.3 Å². The van der Waals surface area contributed by atoms with Crippen molar-refractivity contribution in [2.75, 3.05) is 45.7 Å². The summed E-state index contributed by atoms with van der Waals surface area (Å²) in [5.74, 6) is 0.112. The highest BCUT2D eigenvalue weighted by molar-refractivity contribution is 5.90. The molecule has 7 heteroatoms. The van der Waals surface area contributed by atoms with E-state index in [0.29, 0.717) is 32.1 Å². The minimum absolute atomic E-state index is 0.143. The molecule has 7 nitrogen and oxygen atoms in total. The van der Waals surface area contributed by atoms with Crippen molar-refractivity contribution >= 4 is 17.6 Å². The SMILES string of the molecule is COC(OC)C(=O)N1CCN(C(=O)Nc2ccccc2C(C)C)CC1. The fraction of sp³-hybridized carbons (Fsp3) is 0.556. The highest BCUT2D eigenvalue weighted by atomic mass is 16.7. The third-order valence-electron chi connectivity index (χ3n) is 4.33. The number of hydrogen-bond acceptors (Lipinski definition) is 4. The number of hydrogen-bond donors (Lipinski definition) is 1. The Bertz CT molecular complexity index is 594. The van der Waals surface area contributed by atoms with Gasteiger partial charge in [-0.15, -0.1) is 0 Å². The van der Waals surface area contributed by atoms with Crippen molar-refractivity contribution in [2.45, 2.75) is 26.1 Å². The van der Waals surface area contributed by atoms with E-state index in [9.17, 15) is 9.59 Å². The zero-order valence-corrected chi connectivity index (χ0v) is 15.3. The van der Waals surface area contributed by atoms with Crippen LogP contribution >= 0.6 is 0 Å². The van der Waals surface area contributed by atoms with E-state index < -0.39 is 6.29 Å². The third kappa shape index (κ3) is 4.70. The second kappa shape index (κ2) is 8.82. The van der Waals surface area contributed by atoms with Crippen LogP contribution in [-0.4, -0.2) is 68.4 Å². The van der Waals surface area contributed by atoms with Gasteiger partial charge in [0.2, 0.25) is 6.29 Å². The molecule has 1 fully saturated rings. The highest BCUT2D eigenvalue weighted by Crippen LogP contribution is 2.24. The van der Waals surface area contributed by atoms with E-state index in [1.165, 1.54) is 14.2 Å². The molecule has 25 heavy (non-hydrogen) atoms. The van der Waals surface area contributed by atoms with Crippen LogP contribution in [0.2, 0.25) is 0 Å². The van der Waals surface area contributed by atoms with E-state index in [2.05, 4.69) is 19.2 Å². The summed E-state index contributed by atoms with van der Waals surface area (Å²) in [5.41, 5.74) is 1.94. The van der Waals surface area contributed by atoms with E-state index in [1.54, 1.807) is 9.80 Å². The molecular formula is C18H27N3O4. The first-order chi connectivity index (χ1) is 12.0. The molecule has 138 valence electrons. The van der Waals surface area contributed by atoms with Crippen LogP contribution in [0.3, 0.4) is 0 Å². The first kappa shape index (κ1) is 19.2. The Hall–Kier alpha value is -2.12. The first-order valence-corrected chi connectivity index (χ1v) is 8.47. The van der Waals surface area contributed by atoms with Gasteiger partial charge in [0.05, 0.1) is 0 Å². The molecule has 0 unspecified atom stereocenters. The molecule has 1 aliphatic rings. The Kier molecular flexibility index (Phi) is 6.78. The zero-order valence-electron chi connectivity index (χ0n) is 15.3. The van der Waals surface area contributed by atoms with E-state index in [1.807, 2.05) is 24.3 Å². The monoisotopic (exact) mass is 349 g/mol. The lowest BCUT2D eigenvalue weighted by molar-refractivity contribution is -0.171. The number of piperazine rings is 1. The van der Waals surface area contributed by atoms with Gasteiger partial charge in [-0.3, -0.25) is 4.79 Å². The number of nitrogens with zero attached hydrogens (tertiary/aromatic N) is 2. The number of amides is 3. The van der Waals surface area contributed by atoms with Gasteiger partial charge in [-0.2, -0.15) is 0 Å². The van der Waals surface area contributed by atoms with E-state index in [-0.39, 0.29) is 11.9 Å². The van der Waals surface area contributed by atoms with Crippen LogP contribution in [0.4, 0.5) is 10.5 Å². The molecule has 1 aliphatic heterocycles. The van der Waals surface area contributed by atoms with Crippen LogP contribution in [0.5, 0.6) is 0 Å². The maximum Gasteiger partial charge on any atom is 0.321 e. The Morgan fingerprint density at radius 3 is 2.12 bits per heavy atom. The van der Waals surface area contributed by atoms with Crippen LogP contribution in [0, 0.1) is 0 Å². The van der Waals surface area contributed by atoms with Crippen LogP contribution < -0.4 is 5.32 Å². The summed E-state index contributed by atoms with van der Waals surface area (Å²) in [6.45, 7) is 6.06. The van der Waals surface area contributed by atoms with E-state index in [0.717, 1.165) is 11.3 Å². The first-order valence-electron chi connectivity index (χ1n) is 8.47. The van der Waals surface area contributed by atoms with Gasteiger partial charge in [0.25, 0.3) is 5.91 Å². The number of urea groups is 1. The molecule has 1 N–H and O–H groups in total. The lowest BCUT2D eigenvalue weighted by atomic mass is 10.0. The molecule has 1 aromatic carbocycles. The normalized spacial score (nSPS) is 15.0. The number of methoxy groups -OCH3 is 2. The van der Waals surface area contributed by atoms with E-state index >= 15 is 0 Å². The Morgan fingerprint density at radius 2 is 1.56 bits per heavy atom. The summed E-state index contributed by atoms with van der Waals surface area (Å²) in [6, 6.07) is 7.67. The number of carbonyl (C=O) groups excluding carboxylic acids is 2. The number of para-hydroxylation sites is 1. The van der Waals surface area contributed by atoms with Gasteiger partial charge in [0.15, 0.2) is 0 Å². The maximum absolute atomic E-state index is 12.5. The molecule has 1 aromatic rings. The summed E-state index contributed by atoms with van der Waals surface area (Å²) in [6.07, 6.45) is -0.890. The number of nitrogens with one attached hydrogen (secondary N) is 1. The lowest BCUT2D eigenvalue weighted by Crippen LogP contribution is -2.54. The number of ether oxygens (including phenoxy) is 2. The fourth-order valence-electron chi connectivity index (χ4n) is 2.89. The molecule has 0 bridgehead atoms. The van der Waals surface area contributed by atoms with Gasteiger partial charge >= 0.3 is 6.03 Å². The highest BCUT2D eigenvalue weighted by Gasteiger charge is 2.29. The second-order valence-electron chi connectivity index (χ2n) is 6.29.